The minimum absolute atomic E-state index is 0.0180. The second-order valence-electron chi connectivity index (χ2n) is 10.0. The second-order valence-corrected chi connectivity index (χ2v) is 10.0. The maximum Gasteiger partial charge on any atom is 0.228 e. The molecule has 0 saturated carbocycles. The number of nitrogens with one attached hydrogen (secondary N) is 1. The standard InChI is InChI=1S/C25H35N3O5/c1-25(2)15-19(10-13-33-25)26-23(30)17-8-11-27(12-9-17)24(31)18-14-22(29)28(16-18)20-4-6-21(32-3)7-5-20/h4-7,17-19H,8-16H2,1-3H3,(H,26,30)/t18-,19+/m0/s1. The summed E-state index contributed by atoms with van der Waals surface area (Å²) < 4.78 is 10.9. The number of ether oxygens (including phenoxy) is 2. The van der Waals surface area contributed by atoms with Crippen LogP contribution in [0.2, 0.25) is 0 Å². The van der Waals surface area contributed by atoms with E-state index >= 15 is 0 Å². The van der Waals surface area contributed by atoms with E-state index in [1.807, 2.05) is 29.2 Å². The molecule has 0 aromatic heterocycles. The van der Waals surface area contributed by atoms with Crippen LogP contribution in [0.1, 0.15) is 46.0 Å². The van der Waals surface area contributed by atoms with Crippen molar-refractivity contribution in [1.29, 1.82) is 0 Å². The van der Waals surface area contributed by atoms with E-state index < -0.39 is 0 Å². The fourth-order valence-corrected chi connectivity index (χ4v) is 5.18. The number of piperidine rings is 1. The van der Waals surface area contributed by atoms with Crippen LogP contribution >= 0.6 is 0 Å². The Hall–Kier alpha value is -2.61. The summed E-state index contributed by atoms with van der Waals surface area (Å²) in [5.41, 5.74) is 0.576. The summed E-state index contributed by atoms with van der Waals surface area (Å²) in [4.78, 5) is 42.0. The lowest BCUT2D eigenvalue weighted by Crippen LogP contribution is -2.50. The number of anilines is 1. The van der Waals surface area contributed by atoms with Gasteiger partial charge in [0.15, 0.2) is 0 Å². The molecule has 8 heteroatoms. The van der Waals surface area contributed by atoms with E-state index in [0.29, 0.717) is 39.1 Å². The first-order valence-corrected chi connectivity index (χ1v) is 11.9. The van der Waals surface area contributed by atoms with Crippen molar-refractivity contribution in [2.45, 2.75) is 57.6 Å². The van der Waals surface area contributed by atoms with Gasteiger partial charge >= 0.3 is 0 Å². The molecule has 8 nitrogen and oxygen atoms in total. The Labute approximate surface area is 195 Å². The van der Waals surface area contributed by atoms with Crippen LogP contribution in [-0.4, -0.2) is 67.6 Å². The lowest BCUT2D eigenvalue weighted by molar-refractivity contribution is -0.139. The molecular formula is C25H35N3O5. The predicted octanol–water partition coefficient (Wildman–Crippen LogP) is 2.36. The molecule has 3 fully saturated rings. The highest BCUT2D eigenvalue weighted by Crippen LogP contribution is 2.30. The first-order valence-electron chi connectivity index (χ1n) is 11.9. The fourth-order valence-electron chi connectivity index (χ4n) is 5.18. The van der Waals surface area contributed by atoms with E-state index in [-0.39, 0.29) is 47.6 Å². The highest BCUT2D eigenvalue weighted by molar-refractivity contribution is 6.00. The topological polar surface area (TPSA) is 88.2 Å². The zero-order valence-corrected chi connectivity index (χ0v) is 19.8. The monoisotopic (exact) mass is 457 g/mol. The van der Waals surface area contributed by atoms with E-state index in [1.54, 1.807) is 12.0 Å². The summed E-state index contributed by atoms with van der Waals surface area (Å²) in [6.45, 7) is 6.28. The van der Waals surface area contributed by atoms with Crippen molar-refractivity contribution in [2.75, 3.05) is 38.3 Å². The van der Waals surface area contributed by atoms with Crippen LogP contribution in [0.4, 0.5) is 5.69 Å². The van der Waals surface area contributed by atoms with E-state index in [2.05, 4.69) is 19.2 Å². The van der Waals surface area contributed by atoms with Crippen molar-refractivity contribution in [3.8, 4) is 5.75 Å². The lowest BCUT2D eigenvalue weighted by atomic mass is 9.91. The molecule has 0 aliphatic carbocycles. The van der Waals surface area contributed by atoms with Gasteiger partial charge in [-0.15, -0.1) is 0 Å². The van der Waals surface area contributed by atoms with Gasteiger partial charge in [-0.3, -0.25) is 14.4 Å². The third-order valence-corrected chi connectivity index (χ3v) is 7.08. The summed E-state index contributed by atoms with van der Waals surface area (Å²) in [5, 5.41) is 3.20. The smallest absolute Gasteiger partial charge is 0.228 e. The molecule has 0 bridgehead atoms. The van der Waals surface area contributed by atoms with E-state index in [9.17, 15) is 14.4 Å². The zero-order chi connectivity index (χ0) is 23.6. The number of carbonyl (C=O) groups excluding carboxylic acids is 3. The van der Waals surface area contributed by atoms with Gasteiger partial charge < -0.3 is 24.6 Å². The number of rotatable bonds is 5. The quantitative estimate of drug-likeness (QED) is 0.733. The molecular weight excluding hydrogens is 422 g/mol. The van der Waals surface area contributed by atoms with Crippen LogP contribution in [0.5, 0.6) is 5.75 Å². The van der Waals surface area contributed by atoms with E-state index in [4.69, 9.17) is 9.47 Å². The molecule has 0 radical (unpaired) electrons. The first kappa shape index (κ1) is 23.5. The van der Waals surface area contributed by atoms with Crippen molar-refractivity contribution in [1.82, 2.24) is 10.2 Å². The van der Waals surface area contributed by atoms with Crippen molar-refractivity contribution < 1.29 is 23.9 Å². The molecule has 3 amide bonds. The summed E-state index contributed by atoms with van der Waals surface area (Å²) in [6.07, 6.45) is 3.20. The van der Waals surface area contributed by atoms with Gasteiger partial charge in [0.2, 0.25) is 17.7 Å². The molecule has 0 unspecified atom stereocenters. The first-order chi connectivity index (χ1) is 15.8. The van der Waals surface area contributed by atoms with Gasteiger partial charge in [0.05, 0.1) is 18.6 Å². The predicted molar refractivity (Wildman–Crippen MR) is 124 cm³/mol. The molecule has 2 atom stereocenters. The number of likely N-dealkylation sites (tertiary alicyclic amines) is 1. The summed E-state index contributed by atoms with van der Waals surface area (Å²) in [7, 11) is 1.60. The van der Waals surface area contributed by atoms with Crippen LogP contribution in [0.25, 0.3) is 0 Å². The fraction of sp³-hybridized carbons (Fsp3) is 0.640. The van der Waals surface area contributed by atoms with Gasteiger partial charge in [0, 0.05) is 50.3 Å². The summed E-state index contributed by atoms with van der Waals surface area (Å²) in [5.74, 6) is 0.393. The number of methoxy groups -OCH3 is 1. The Morgan fingerprint density at radius 3 is 2.42 bits per heavy atom. The van der Waals surface area contributed by atoms with Crippen molar-refractivity contribution in [3.05, 3.63) is 24.3 Å². The maximum absolute atomic E-state index is 13.1. The maximum atomic E-state index is 13.1. The molecule has 4 rings (SSSR count). The van der Waals surface area contributed by atoms with E-state index in [1.165, 1.54) is 0 Å². The minimum atomic E-state index is -0.338. The number of nitrogens with zero attached hydrogens (tertiary/aromatic N) is 2. The molecule has 33 heavy (non-hydrogen) atoms. The van der Waals surface area contributed by atoms with Gasteiger partial charge in [-0.2, -0.15) is 0 Å². The molecule has 0 spiro atoms. The van der Waals surface area contributed by atoms with Crippen LogP contribution < -0.4 is 15.0 Å². The SMILES string of the molecule is COc1ccc(N2C[C@@H](C(=O)N3CCC(C(=O)N[C@@H]4CCOC(C)(C)C4)CC3)CC2=O)cc1. The molecule has 180 valence electrons. The molecule has 3 heterocycles. The number of hydrogen-bond donors (Lipinski definition) is 1. The van der Waals surface area contributed by atoms with Crippen LogP contribution in [0.3, 0.4) is 0 Å². The highest BCUT2D eigenvalue weighted by Gasteiger charge is 2.39. The highest BCUT2D eigenvalue weighted by atomic mass is 16.5. The van der Waals surface area contributed by atoms with Crippen LogP contribution in [0.15, 0.2) is 24.3 Å². The molecule has 3 saturated heterocycles. The Morgan fingerprint density at radius 1 is 1.09 bits per heavy atom. The average Bonchev–Trinajstić information content (AvgIpc) is 3.19. The Kier molecular flexibility index (Phi) is 6.93. The Balaban J connectivity index is 1.27. The van der Waals surface area contributed by atoms with Crippen molar-refractivity contribution >= 4 is 23.4 Å². The van der Waals surface area contributed by atoms with Crippen molar-refractivity contribution in [2.24, 2.45) is 11.8 Å². The Bertz CT molecular complexity index is 877. The van der Waals surface area contributed by atoms with Crippen LogP contribution in [0, 0.1) is 11.8 Å². The summed E-state index contributed by atoms with van der Waals surface area (Å²) in [6, 6.07) is 7.46. The largest absolute Gasteiger partial charge is 0.497 e. The minimum Gasteiger partial charge on any atom is -0.497 e. The number of hydrogen-bond acceptors (Lipinski definition) is 5. The number of amides is 3. The Morgan fingerprint density at radius 2 is 1.79 bits per heavy atom. The number of benzene rings is 1. The molecule has 1 aromatic carbocycles. The van der Waals surface area contributed by atoms with Gasteiger partial charge in [0.1, 0.15) is 5.75 Å². The van der Waals surface area contributed by atoms with Crippen molar-refractivity contribution in [3.63, 3.8) is 0 Å². The molecule has 1 aromatic rings. The molecule has 3 aliphatic rings. The third-order valence-electron chi connectivity index (χ3n) is 7.08. The van der Waals surface area contributed by atoms with Gasteiger partial charge in [-0.05, 0) is 63.8 Å². The number of carbonyl (C=O) groups is 3. The van der Waals surface area contributed by atoms with Gasteiger partial charge in [-0.25, -0.2) is 0 Å². The average molecular weight is 458 g/mol. The normalized spacial score (nSPS) is 25.7. The zero-order valence-electron chi connectivity index (χ0n) is 19.8. The molecule has 3 aliphatic heterocycles. The lowest BCUT2D eigenvalue weighted by Gasteiger charge is -2.37. The van der Waals surface area contributed by atoms with Gasteiger partial charge in [0.25, 0.3) is 0 Å². The van der Waals surface area contributed by atoms with Gasteiger partial charge in [-0.1, -0.05) is 0 Å². The van der Waals surface area contributed by atoms with Crippen LogP contribution in [-0.2, 0) is 19.1 Å². The molecule has 1 N–H and O–H groups in total. The second kappa shape index (κ2) is 9.71. The third kappa shape index (κ3) is 5.49. The summed E-state index contributed by atoms with van der Waals surface area (Å²) >= 11 is 0. The van der Waals surface area contributed by atoms with E-state index in [0.717, 1.165) is 24.3 Å².